The van der Waals surface area contributed by atoms with Crippen molar-refractivity contribution in [2.45, 2.75) is 38.8 Å². The first-order valence-electron chi connectivity index (χ1n) is 11.2. The lowest BCUT2D eigenvalue weighted by Crippen LogP contribution is -2.37. The highest BCUT2D eigenvalue weighted by Crippen LogP contribution is 2.35. The Hall–Kier alpha value is -3.09. The fraction of sp³-hybridized carbons (Fsp3) is 0.348. The lowest BCUT2D eigenvalue weighted by Gasteiger charge is -2.16. The Morgan fingerprint density at radius 3 is 2.38 bits per heavy atom. The van der Waals surface area contributed by atoms with Gasteiger partial charge in [0.2, 0.25) is 0 Å². The molecule has 40 heavy (non-hydrogen) atoms. The van der Waals surface area contributed by atoms with Crippen molar-refractivity contribution in [1.29, 1.82) is 0 Å². The Morgan fingerprint density at radius 2 is 1.80 bits per heavy atom. The molecule has 1 unspecified atom stereocenters. The summed E-state index contributed by atoms with van der Waals surface area (Å²) in [5.41, 5.74) is -3.10. The van der Waals surface area contributed by atoms with Gasteiger partial charge in [0.25, 0.3) is 11.8 Å². The number of nitrogens with zero attached hydrogens (tertiary/aromatic N) is 4. The summed E-state index contributed by atoms with van der Waals surface area (Å²) >= 11 is 1.89. The second kappa shape index (κ2) is 12.2. The van der Waals surface area contributed by atoms with Crippen LogP contribution in [0.25, 0.3) is 0 Å². The largest absolute Gasteiger partial charge is 0.435 e. The molecule has 0 spiro atoms. The van der Waals surface area contributed by atoms with Gasteiger partial charge in [-0.3, -0.25) is 18.5 Å². The molecule has 9 nitrogen and oxygen atoms in total. The Bertz CT molecular complexity index is 1460. The van der Waals surface area contributed by atoms with Gasteiger partial charge in [-0.25, -0.2) is 9.97 Å². The molecular formula is C23H21F6IN6O3S. The van der Waals surface area contributed by atoms with Crippen LogP contribution in [0.1, 0.15) is 50.5 Å². The molecule has 2 aromatic heterocycles. The van der Waals surface area contributed by atoms with E-state index in [4.69, 9.17) is 0 Å². The van der Waals surface area contributed by atoms with E-state index in [2.05, 4.69) is 25.7 Å². The third-order valence-corrected chi connectivity index (χ3v) is 7.15. The lowest BCUT2D eigenvalue weighted by molar-refractivity contribution is -0.144. The van der Waals surface area contributed by atoms with Crippen molar-refractivity contribution in [3.63, 3.8) is 0 Å². The SMILES string of the molecule is Cc1nc(Cn2nc(C(F)(F)F)cc2C(F)(F)F)ncc1NC(=O)c1cccc(I)c1C(=O)N[C@@H](C)CS(C)=O. The number of halogens is 7. The van der Waals surface area contributed by atoms with Gasteiger partial charge < -0.3 is 10.6 Å². The lowest BCUT2D eigenvalue weighted by atomic mass is 10.1. The normalized spacial score (nSPS) is 13.6. The molecule has 2 atom stereocenters. The molecule has 2 heterocycles. The summed E-state index contributed by atoms with van der Waals surface area (Å²) < 4.78 is 90.7. The number of benzene rings is 1. The number of amides is 2. The van der Waals surface area contributed by atoms with Gasteiger partial charge in [0, 0.05) is 38.5 Å². The molecular weight excluding hydrogens is 681 g/mol. The maximum Gasteiger partial charge on any atom is 0.435 e. The second-order valence-corrected chi connectivity index (χ2v) is 11.2. The molecule has 2 N–H and O–H groups in total. The van der Waals surface area contributed by atoms with Crippen LogP contribution in [0.5, 0.6) is 0 Å². The number of aryl methyl sites for hydroxylation is 1. The highest BCUT2D eigenvalue weighted by molar-refractivity contribution is 14.1. The molecule has 0 radical (unpaired) electrons. The van der Waals surface area contributed by atoms with Gasteiger partial charge in [-0.15, -0.1) is 0 Å². The summed E-state index contributed by atoms with van der Waals surface area (Å²) in [5, 5.41) is 8.25. The second-order valence-electron chi connectivity index (χ2n) is 8.58. The van der Waals surface area contributed by atoms with Crippen LogP contribution >= 0.6 is 22.6 Å². The maximum absolute atomic E-state index is 13.3. The molecule has 0 saturated carbocycles. The average Bonchev–Trinajstić information content (AvgIpc) is 3.25. The number of hydrogen-bond donors (Lipinski definition) is 2. The molecule has 0 bridgehead atoms. The molecule has 3 rings (SSSR count). The van der Waals surface area contributed by atoms with Crippen molar-refractivity contribution in [3.8, 4) is 0 Å². The van der Waals surface area contributed by atoms with Gasteiger partial charge in [0.05, 0.1) is 28.7 Å². The predicted octanol–water partition coefficient (Wildman–Crippen LogP) is 4.42. The van der Waals surface area contributed by atoms with Crippen molar-refractivity contribution in [2.24, 2.45) is 0 Å². The van der Waals surface area contributed by atoms with Crippen LogP contribution in [-0.2, 0) is 29.7 Å². The van der Waals surface area contributed by atoms with Crippen molar-refractivity contribution >= 4 is 50.9 Å². The first kappa shape index (κ1) is 31.4. The summed E-state index contributed by atoms with van der Waals surface area (Å²) in [6.07, 6.45) is -7.62. The highest BCUT2D eigenvalue weighted by Gasteiger charge is 2.42. The first-order valence-corrected chi connectivity index (χ1v) is 14.0. The topological polar surface area (TPSA) is 119 Å². The summed E-state index contributed by atoms with van der Waals surface area (Å²) in [6, 6.07) is 4.05. The fourth-order valence-corrected chi connectivity index (χ4v) is 5.11. The van der Waals surface area contributed by atoms with Gasteiger partial charge in [0.15, 0.2) is 5.69 Å². The van der Waals surface area contributed by atoms with Crippen LogP contribution in [0.3, 0.4) is 0 Å². The fourth-order valence-electron chi connectivity index (χ4n) is 3.58. The molecule has 0 aliphatic heterocycles. The minimum absolute atomic E-state index is 0.00346. The Labute approximate surface area is 239 Å². The number of nitrogens with one attached hydrogen (secondary N) is 2. The number of aromatic nitrogens is 4. The van der Waals surface area contributed by atoms with Crippen LogP contribution in [0.15, 0.2) is 30.5 Å². The van der Waals surface area contributed by atoms with E-state index in [1.807, 2.05) is 22.6 Å². The number of alkyl halides is 6. The van der Waals surface area contributed by atoms with Crippen LogP contribution in [0, 0.1) is 10.5 Å². The number of hydrogen-bond acceptors (Lipinski definition) is 6. The molecule has 0 saturated heterocycles. The zero-order valence-electron chi connectivity index (χ0n) is 20.9. The maximum atomic E-state index is 13.3. The van der Waals surface area contributed by atoms with E-state index in [-0.39, 0.29) is 44.8 Å². The van der Waals surface area contributed by atoms with E-state index in [0.29, 0.717) is 3.57 Å². The Balaban J connectivity index is 1.84. The standard InChI is InChI=1S/C23H21F6IN6O3S/c1-11(10-40(3)39)32-21(38)19-13(5-4-6-14(19)30)20(37)34-15-8-31-18(33-12(15)2)9-36-17(23(27,28)29)7-16(35-36)22(24,25)26/h4-8,11H,9-10H2,1-3H3,(H,32,38)(H,34,37)/t11-,40?/m0/s1. The predicted molar refractivity (Wildman–Crippen MR) is 141 cm³/mol. The molecule has 0 aliphatic carbocycles. The summed E-state index contributed by atoms with van der Waals surface area (Å²) in [6.45, 7) is 2.26. The number of rotatable bonds is 8. The molecule has 0 aliphatic rings. The van der Waals surface area contributed by atoms with E-state index in [1.165, 1.54) is 19.2 Å². The van der Waals surface area contributed by atoms with Crippen LogP contribution < -0.4 is 10.6 Å². The average molecular weight is 702 g/mol. The van der Waals surface area contributed by atoms with Crippen LogP contribution in [0.2, 0.25) is 0 Å². The summed E-state index contributed by atoms with van der Waals surface area (Å²) in [7, 11) is -1.16. The van der Waals surface area contributed by atoms with E-state index in [0.717, 1.165) is 6.20 Å². The van der Waals surface area contributed by atoms with Crippen LogP contribution in [0.4, 0.5) is 32.0 Å². The van der Waals surface area contributed by atoms with Gasteiger partial charge >= 0.3 is 12.4 Å². The summed E-state index contributed by atoms with van der Waals surface area (Å²) in [5.74, 6) is -1.35. The molecule has 216 valence electrons. The third kappa shape index (κ3) is 7.76. The van der Waals surface area contributed by atoms with Crippen molar-refractivity contribution < 1.29 is 40.1 Å². The number of anilines is 1. The highest BCUT2D eigenvalue weighted by atomic mass is 127. The third-order valence-electron chi connectivity index (χ3n) is 5.28. The van der Waals surface area contributed by atoms with Crippen LogP contribution in [-0.4, -0.2) is 53.8 Å². The first-order chi connectivity index (χ1) is 18.5. The molecule has 2 amide bonds. The Morgan fingerprint density at radius 1 is 1.12 bits per heavy atom. The van der Waals surface area contributed by atoms with Gasteiger partial charge in [-0.05, 0) is 48.6 Å². The van der Waals surface area contributed by atoms with Gasteiger partial charge in [-0.2, -0.15) is 31.4 Å². The molecule has 0 fully saturated rings. The zero-order valence-corrected chi connectivity index (χ0v) is 23.9. The molecule has 17 heteroatoms. The van der Waals surface area contributed by atoms with E-state index < -0.39 is 58.9 Å². The van der Waals surface area contributed by atoms with Gasteiger partial charge in [-0.1, -0.05) is 6.07 Å². The minimum Gasteiger partial charge on any atom is -0.349 e. The zero-order chi connectivity index (χ0) is 30.0. The Kier molecular flexibility index (Phi) is 9.58. The van der Waals surface area contributed by atoms with Crippen molar-refractivity contribution in [3.05, 3.63) is 68.1 Å². The smallest absolute Gasteiger partial charge is 0.349 e. The quantitative estimate of drug-likeness (QED) is 0.265. The van der Waals surface area contributed by atoms with Crippen molar-refractivity contribution in [1.82, 2.24) is 25.1 Å². The minimum atomic E-state index is -5.11. The number of carbonyl (C=O) groups excluding carboxylic acids is 2. The molecule has 1 aromatic carbocycles. The number of carbonyl (C=O) groups is 2. The van der Waals surface area contributed by atoms with E-state index >= 15 is 0 Å². The monoisotopic (exact) mass is 702 g/mol. The van der Waals surface area contributed by atoms with E-state index in [9.17, 15) is 40.1 Å². The van der Waals surface area contributed by atoms with Gasteiger partial charge in [0.1, 0.15) is 18.1 Å². The summed E-state index contributed by atoms with van der Waals surface area (Å²) in [4.78, 5) is 33.9. The van der Waals surface area contributed by atoms with E-state index in [1.54, 1.807) is 19.1 Å². The van der Waals surface area contributed by atoms with Crippen molar-refractivity contribution in [2.75, 3.05) is 17.3 Å². The molecule has 3 aromatic rings.